The molecule has 0 aliphatic carbocycles. The van der Waals surface area contributed by atoms with Gasteiger partial charge in [-0.2, -0.15) is 0 Å². The minimum atomic E-state index is -1.45. The van der Waals surface area contributed by atoms with Crippen molar-refractivity contribution in [2.75, 3.05) is 5.32 Å². The monoisotopic (exact) mass is 516 g/mol. The highest BCUT2D eigenvalue weighted by Crippen LogP contribution is 2.31. The van der Waals surface area contributed by atoms with Crippen LogP contribution in [-0.4, -0.2) is 50.5 Å². The van der Waals surface area contributed by atoms with Gasteiger partial charge < -0.3 is 20.0 Å². The van der Waals surface area contributed by atoms with Gasteiger partial charge in [-0.05, 0) is 56.2 Å². The number of carboxylic acid groups (broad SMARTS) is 1. The van der Waals surface area contributed by atoms with E-state index in [4.69, 9.17) is 9.57 Å². The Morgan fingerprint density at radius 2 is 1.71 bits per heavy atom. The molecule has 0 bridgehead atoms. The number of pyridine rings is 1. The molecule has 196 valence electrons. The summed E-state index contributed by atoms with van der Waals surface area (Å²) in [6.07, 6.45) is 0.375. The van der Waals surface area contributed by atoms with Gasteiger partial charge in [0.05, 0.1) is 11.8 Å². The second-order valence-corrected chi connectivity index (χ2v) is 9.64. The van der Waals surface area contributed by atoms with Crippen LogP contribution in [0.2, 0.25) is 0 Å². The number of hydrogen-bond donors (Lipinski definition) is 2. The van der Waals surface area contributed by atoms with E-state index in [-0.39, 0.29) is 5.91 Å². The Bertz CT molecular complexity index is 1320. The molecule has 10 heteroatoms. The summed E-state index contributed by atoms with van der Waals surface area (Å²) in [7, 11) is 0. The number of rotatable bonds is 6. The van der Waals surface area contributed by atoms with Crippen LogP contribution >= 0.6 is 0 Å². The molecular weight excluding hydrogens is 488 g/mol. The summed E-state index contributed by atoms with van der Waals surface area (Å²) in [6, 6.07) is 18.0. The summed E-state index contributed by atoms with van der Waals surface area (Å²) in [6.45, 7) is 5.00. The summed E-state index contributed by atoms with van der Waals surface area (Å²) < 4.78 is 5.38. The predicted octanol–water partition coefficient (Wildman–Crippen LogP) is 5.22. The van der Waals surface area contributed by atoms with Gasteiger partial charge in [-0.1, -0.05) is 47.6 Å². The van der Waals surface area contributed by atoms with Crippen LogP contribution in [0.1, 0.15) is 49.9 Å². The Hall–Kier alpha value is -4.73. The van der Waals surface area contributed by atoms with Crippen LogP contribution in [0.4, 0.5) is 15.3 Å². The second kappa shape index (κ2) is 11.1. The Labute approximate surface area is 219 Å². The molecule has 0 saturated heterocycles. The number of imide groups is 1. The second-order valence-electron chi connectivity index (χ2n) is 9.64. The molecule has 3 aromatic rings. The highest BCUT2D eigenvalue weighted by atomic mass is 16.6. The fourth-order valence-electron chi connectivity index (χ4n) is 3.92. The number of oxime groups is 1. The SMILES string of the molecule is CC(C)(C)OC(=O)N(C(=O)O)C(c1ccccc1)c1ccc(NC(=O)[C@@H]2CC(c3cccnc3)=NO2)cc1. The van der Waals surface area contributed by atoms with Crippen LogP contribution in [-0.2, 0) is 14.4 Å². The van der Waals surface area contributed by atoms with E-state index in [2.05, 4.69) is 15.5 Å². The van der Waals surface area contributed by atoms with Crippen molar-refractivity contribution in [1.29, 1.82) is 0 Å². The molecular formula is C28H28N4O6. The number of nitrogens with zero attached hydrogens (tertiary/aromatic N) is 3. The first kappa shape index (κ1) is 26.3. The first-order valence-electron chi connectivity index (χ1n) is 12.0. The Balaban J connectivity index is 1.52. The molecule has 2 N–H and O–H groups in total. The van der Waals surface area contributed by atoms with Crippen molar-refractivity contribution in [1.82, 2.24) is 9.88 Å². The zero-order chi connectivity index (χ0) is 27.3. The van der Waals surface area contributed by atoms with Gasteiger partial charge >= 0.3 is 12.2 Å². The topological polar surface area (TPSA) is 130 Å². The largest absolute Gasteiger partial charge is 0.464 e. The van der Waals surface area contributed by atoms with Crippen molar-refractivity contribution in [2.24, 2.45) is 5.16 Å². The number of benzene rings is 2. The van der Waals surface area contributed by atoms with Crippen LogP contribution in [0.15, 0.2) is 84.3 Å². The van der Waals surface area contributed by atoms with Gasteiger partial charge in [0.1, 0.15) is 5.60 Å². The Morgan fingerprint density at radius 3 is 2.32 bits per heavy atom. The lowest BCUT2D eigenvalue weighted by molar-refractivity contribution is -0.125. The molecule has 1 aliphatic rings. The molecule has 1 aromatic heterocycles. The third-order valence-corrected chi connectivity index (χ3v) is 5.62. The quantitative estimate of drug-likeness (QED) is 0.459. The first-order valence-corrected chi connectivity index (χ1v) is 12.0. The third kappa shape index (κ3) is 6.33. The van der Waals surface area contributed by atoms with Crippen LogP contribution < -0.4 is 5.32 Å². The summed E-state index contributed by atoms with van der Waals surface area (Å²) >= 11 is 0. The number of amides is 3. The summed E-state index contributed by atoms with van der Waals surface area (Å²) in [5.74, 6) is -0.374. The predicted molar refractivity (Wildman–Crippen MR) is 140 cm³/mol. The number of aromatic nitrogens is 1. The maximum atomic E-state index is 12.9. The van der Waals surface area contributed by atoms with Crippen molar-refractivity contribution in [2.45, 2.75) is 44.9 Å². The van der Waals surface area contributed by atoms with Crippen molar-refractivity contribution in [3.8, 4) is 0 Å². The highest BCUT2D eigenvalue weighted by molar-refractivity contribution is 6.05. The molecule has 0 fully saturated rings. The minimum absolute atomic E-state index is 0.301. The van der Waals surface area contributed by atoms with E-state index in [0.717, 1.165) is 5.56 Å². The van der Waals surface area contributed by atoms with Gasteiger partial charge in [0.25, 0.3) is 5.91 Å². The molecule has 3 amide bonds. The number of ether oxygens (including phenoxy) is 1. The van der Waals surface area contributed by atoms with Gasteiger partial charge in [-0.3, -0.25) is 9.78 Å². The van der Waals surface area contributed by atoms with E-state index >= 15 is 0 Å². The smallest absolute Gasteiger partial charge is 0.420 e. The molecule has 1 unspecified atom stereocenters. The Morgan fingerprint density at radius 1 is 1.03 bits per heavy atom. The van der Waals surface area contributed by atoms with E-state index in [1.165, 1.54) is 0 Å². The van der Waals surface area contributed by atoms with Gasteiger partial charge in [-0.25, -0.2) is 14.5 Å². The minimum Gasteiger partial charge on any atom is -0.464 e. The molecule has 38 heavy (non-hydrogen) atoms. The average molecular weight is 517 g/mol. The van der Waals surface area contributed by atoms with E-state index in [1.54, 1.807) is 93.8 Å². The van der Waals surface area contributed by atoms with E-state index in [0.29, 0.717) is 33.8 Å². The van der Waals surface area contributed by atoms with Crippen molar-refractivity contribution in [3.05, 3.63) is 95.8 Å². The average Bonchev–Trinajstić information content (AvgIpc) is 3.38. The van der Waals surface area contributed by atoms with E-state index < -0.39 is 29.9 Å². The number of nitrogens with one attached hydrogen (secondary N) is 1. The zero-order valence-electron chi connectivity index (χ0n) is 21.2. The van der Waals surface area contributed by atoms with Crippen molar-refractivity contribution < 1.29 is 29.1 Å². The highest BCUT2D eigenvalue weighted by Gasteiger charge is 2.36. The lowest BCUT2D eigenvalue weighted by atomic mass is 9.97. The van der Waals surface area contributed by atoms with Crippen molar-refractivity contribution in [3.63, 3.8) is 0 Å². The third-order valence-electron chi connectivity index (χ3n) is 5.62. The van der Waals surface area contributed by atoms with Gasteiger partial charge in [0.15, 0.2) is 0 Å². The van der Waals surface area contributed by atoms with Crippen LogP contribution in [0.25, 0.3) is 0 Å². The normalized spacial score (nSPS) is 15.6. The van der Waals surface area contributed by atoms with Gasteiger partial charge in [-0.15, -0.1) is 0 Å². The molecule has 2 atom stereocenters. The van der Waals surface area contributed by atoms with E-state index in [9.17, 15) is 19.5 Å². The molecule has 2 aromatic carbocycles. The van der Waals surface area contributed by atoms with Crippen molar-refractivity contribution >= 4 is 29.5 Å². The number of carbonyl (C=O) groups excluding carboxylic acids is 2. The summed E-state index contributed by atoms with van der Waals surface area (Å²) in [5, 5.41) is 16.8. The standard InChI is InChI=1S/C28H28N4O6/c1-28(2,3)37-27(36)32(26(34)35)24(18-8-5-4-6-9-18)19-11-13-21(14-12-19)30-25(33)23-16-22(31-38-23)20-10-7-15-29-17-20/h4-15,17,23-24H,16H2,1-3H3,(H,30,33)(H,34,35)/t23-,24?/m0/s1. The van der Waals surface area contributed by atoms with Gasteiger partial charge in [0, 0.05) is 30.1 Å². The van der Waals surface area contributed by atoms with Crippen LogP contribution in [0.3, 0.4) is 0 Å². The Kier molecular flexibility index (Phi) is 7.71. The molecule has 4 rings (SSSR count). The van der Waals surface area contributed by atoms with E-state index in [1.807, 2.05) is 6.07 Å². The fraction of sp³-hybridized carbons (Fsp3) is 0.250. The summed E-state index contributed by atoms with van der Waals surface area (Å²) in [4.78, 5) is 48.0. The fourth-order valence-corrected chi connectivity index (χ4v) is 3.92. The first-order chi connectivity index (χ1) is 18.1. The molecule has 1 aliphatic heterocycles. The number of carbonyl (C=O) groups is 3. The molecule has 0 saturated carbocycles. The number of hydrogen-bond acceptors (Lipinski definition) is 7. The zero-order valence-corrected chi connectivity index (χ0v) is 21.2. The molecule has 0 radical (unpaired) electrons. The lowest BCUT2D eigenvalue weighted by Crippen LogP contribution is -2.42. The molecule has 2 heterocycles. The maximum Gasteiger partial charge on any atom is 0.420 e. The molecule has 10 nitrogen and oxygen atoms in total. The summed E-state index contributed by atoms with van der Waals surface area (Å²) in [5.41, 5.74) is 2.10. The molecule has 0 spiro atoms. The number of anilines is 1. The maximum absolute atomic E-state index is 12.9. The van der Waals surface area contributed by atoms with Crippen LogP contribution in [0.5, 0.6) is 0 Å². The lowest BCUT2D eigenvalue weighted by Gasteiger charge is -2.31. The van der Waals surface area contributed by atoms with Crippen LogP contribution in [0, 0.1) is 0 Å². The van der Waals surface area contributed by atoms with Gasteiger partial charge in [0.2, 0.25) is 6.10 Å².